The van der Waals surface area contributed by atoms with Crippen molar-refractivity contribution in [1.82, 2.24) is 0 Å². The predicted octanol–water partition coefficient (Wildman–Crippen LogP) is 2.88. The normalized spacial score (nSPS) is 18.8. The summed E-state index contributed by atoms with van der Waals surface area (Å²) < 4.78 is 4.96. The number of hydrogen-bond donors (Lipinski definition) is 0. The Morgan fingerprint density at radius 3 is 2.46 bits per heavy atom. The molecule has 0 bridgehead atoms. The van der Waals surface area contributed by atoms with E-state index in [2.05, 4.69) is 36.4 Å². The van der Waals surface area contributed by atoms with Crippen LogP contribution in [0.4, 0.5) is 0 Å². The lowest BCUT2D eigenvalue weighted by Crippen LogP contribution is -2.01. The molecule has 0 aliphatic heterocycles. The molecule has 0 N–H and O–H groups in total. The highest BCUT2D eigenvalue weighted by Gasteiger charge is 2.41. The van der Waals surface area contributed by atoms with Gasteiger partial charge in [0.1, 0.15) is 0 Å². The summed E-state index contributed by atoms with van der Waals surface area (Å²) in [7, 11) is 1.69. The highest BCUT2D eigenvalue weighted by molar-refractivity contribution is 5.36. The monoisotopic (exact) mass is 174 g/mol. The molecule has 1 nitrogen and oxygen atoms in total. The van der Waals surface area contributed by atoms with Gasteiger partial charge in [-0.3, -0.25) is 0 Å². The Morgan fingerprint density at radius 2 is 1.92 bits per heavy atom. The molecule has 13 heavy (non-hydrogen) atoms. The summed E-state index contributed by atoms with van der Waals surface area (Å²) in [5.41, 5.74) is 1.69. The molecule has 68 valence electrons. The number of methoxy groups -OCH3 is 1. The molecule has 1 aromatic carbocycles. The van der Waals surface area contributed by atoms with E-state index in [0.717, 1.165) is 0 Å². The average Bonchev–Trinajstić information content (AvgIpc) is 2.97. The summed E-state index contributed by atoms with van der Waals surface area (Å²) in [4.78, 5) is 0. The van der Waals surface area contributed by atoms with Gasteiger partial charge in [0.2, 0.25) is 0 Å². The van der Waals surface area contributed by atoms with E-state index in [0.29, 0.717) is 0 Å². The average molecular weight is 174 g/mol. The van der Waals surface area contributed by atoms with Gasteiger partial charge in [-0.05, 0) is 24.5 Å². The topological polar surface area (TPSA) is 9.23 Å². The van der Waals surface area contributed by atoms with Gasteiger partial charge in [0.25, 0.3) is 0 Å². The van der Waals surface area contributed by atoms with Crippen LogP contribution in [-0.4, -0.2) is 7.11 Å². The Morgan fingerprint density at radius 1 is 1.23 bits per heavy atom. The third kappa shape index (κ3) is 1.59. The van der Waals surface area contributed by atoms with Crippen LogP contribution >= 0.6 is 0 Å². The van der Waals surface area contributed by atoms with Crippen LogP contribution in [0.2, 0.25) is 0 Å². The first-order chi connectivity index (χ1) is 6.37. The number of ether oxygens (including phenoxy) is 1. The van der Waals surface area contributed by atoms with Crippen molar-refractivity contribution in [3.63, 3.8) is 0 Å². The molecule has 0 atom stereocenters. The van der Waals surface area contributed by atoms with Crippen LogP contribution in [0.25, 0.3) is 0 Å². The van der Waals surface area contributed by atoms with Crippen LogP contribution < -0.4 is 0 Å². The van der Waals surface area contributed by atoms with E-state index in [4.69, 9.17) is 4.74 Å². The summed E-state index contributed by atoms with van der Waals surface area (Å²) in [5.74, 6) is 0. The molecule has 1 fully saturated rings. The largest absolute Gasteiger partial charge is 0.505 e. The second-order valence-electron chi connectivity index (χ2n) is 3.56. The fourth-order valence-electron chi connectivity index (χ4n) is 1.65. The molecule has 1 saturated carbocycles. The Labute approximate surface area is 79.0 Å². The van der Waals surface area contributed by atoms with Crippen molar-refractivity contribution in [2.24, 2.45) is 0 Å². The molecular weight excluding hydrogens is 160 g/mol. The van der Waals surface area contributed by atoms with Crippen LogP contribution in [0.5, 0.6) is 0 Å². The summed E-state index contributed by atoms with van der Waals surface area (Å²) in [5, 5.41) is 0. The fourth-order valence-corrected chi connectivity index (χ4v) is 1.65. The Bertz CT molecular complexity index is 296. The van der Waals surface area contributed by atoms with Gasteiger partial charge >= 0.3 is 0 Å². The number of benzene rings is 1. The standard InChI is InChI=1S/C12H14O/c1-13-10-9-12(7-8-12)11-5-3-2-4-6-11/h2-6,9-10H,7-8H2,1H3/b10-9+. The fraction of sp³-hybridized carbons (Fsp3) is 0.333. The van der Waals surface area contributed by atoms with Gasteiger partial charge in [0.05, 0.1) is 13.4 Å². The first-order valence-electron chi connectivity index (χ1n) is 4.63. The van der Waals surface area contributed by atoms with E-state index in [1.807, 2.05) is 0 Å². The highest BCUT2D eigenvalue weighted by Crippen LogP contribution is 2.49. The maximum absolute atomic E-state index is 4.96. The molecule has 0 spiro atoms. The quantitative estimate of drug-likeness (QED) is 0.640. The minimum absolute atomic E-state index is 0.289. The maximum Gasteiger partial charge on any atom is 0.0793 e. The zero-order valence-corrected chi connectivity index (χ0v) is 7.86. The van der Waals surface area contributed by atoms with Crippen LogP contribution in [0, 0.1) is 0 Å². The first-order valence-corrected chi connectivity index (χ1v) is 4.63. The van der Waals surface area contributed by atoms with Crippen molar-refractivity contribution in [3.05, 3.63) is 48.2 Å². The van der Waals surface area contributed by atoms with Gasteiger partial charge in [-0.15, -0.1) is 0 Å². The van der Waals surface area contributed by atoms with Gasteiger partial charge in [0, 0.05) is 5.41 Å². The zero-order valence-electron chi connectivity index (χ0n) is 7.86. The molecule has 0 amide bonds. The zero-order chi connectivity index (χ0) is 9.15. The lowest BCUT2D eigenvalue weighted by atomic mass is 9.96. The molecule has 0 saturated heterocycles. The second-order valence-corrected chi connectivity index (χ2v) is 3.56. The van der Waals surface area contributed by atoms with Crippen LogP contribution in [0.1, 0.15) is 18.4 Å². The van der Waals surface area contributed by atoms with Crippen molar-refractivity contribution < 1.29 is 4.74 Å². The van der Waals surface area contributed by atoms with E-state index in [1.54, 1.807) is 13.4 Å². The van der Waals surface area contributed by atoms with E-state index >= 15 is 0 Å². The smallest absolute Gasteiger partial charge is 0.0793 e. The van der Waals surface area contributed by atoms with Gasteiger partial charge in [-0.25, -0.2) is 0 Å². The van der Waals surface area contributed by atoms with Gasteiger partial charge in [0.15, 0.2) is 0 Å². The lowest BCUT2D eigenvalue weighted by molar-refractivity contribution is 0.335. The predicted molar refractivity (Wildman–Crippen MR) is 53.5 cm³/mol. The van der Waals surface area contributed by atoms with E-state index in [9.17, 15) is 0 Å². The number of allylic oxidation sites excluding steroid dienone is 1. The van der Waals surface area contributed by atoms with E-state index in [-0.39, 0.29) is 5.41 Å². The van der Waals surface area contributed by atoms with Crippen LogP contribution in [0.15, 0.2) is 42.7 Å². The van der Waals surface area contributed by atoms with Crippen LogP contribution in [-0.2, 0) is 10.2 Å². The van der Waals surface area contributed by atoms with E-state index in [1.165, 1.54) is 18.4 Å². The molecule has 1 aliphatic rings. The molecule has 0 aromatic heterocycles. The molecule has 2 rings (SSSR count). The molecule has 1 aromatic rings. The summed E-state index contributed by atoms with van der Waals surface area (Å²) in [6.07, 6.45) is 6.45. The molecule has 1 aliphatic carbocycles. The molecular formula is C12H14O. The third-order valence-corrected chi connectivity index (χ3v) is 2.66. The number of hydrogen-bond acceptors (Lipinski definition) is 1. The molecule has 1 heteroatoms. The second kappa shape index (κ2) is 3.25. The first kappa shape index (κ1) is 8.36. The summed E-state index contributed by atoms with van der Waals surface area (Å²) >= 11 is 0. The maximum atomic E-state index is 4.96. The van der Waals surface area contributed by atoms with Crippen molar-refractivity contribution in [2.45, 2.75) is 18.3 Å². The summed E-state index contributed by atoms with van der Waals surface area (Å²) in [6.45, 7) is 0. The van der Waals surface area contributed by atoms with Gasteiger partial charge in [-0.2, -0.15) is 0 Å². The van der Waals surface area contributed by atoms with Crippen molar-refractivity contribution >= 4 is 0 Å². The third-order valence-electron chi connectivity index (χ3n) is 2.66. The molecule has 0 heterocycles. The molecule has 0 unspecified atom stereocenters. The highest BCUT2D eigenvalue weighted by atomic mass is 16.5. The summed E-state index contributed by atoms with van der Waals surface area (Å²) in [6, 6.07) is 10.6. The van der Waals surface area contributed by atoms with Crippen LogP contribution in [0.3, 0.4) is 0 Å². The van der Waals surface area contributed by atoms with Crippen molar-refractivity contribution in [2.75, 3.05) is 7.11 Å². The van der Waals surface area contributed by atoms with E-state index < -0.39 is 0 Å². The lowest BCUT2D eigenvalue weighted by Gasteiger charge is -2.09. The van der Waals surface area contributed by atoms with Gasteiger partial charge in [-0.1, -0.05) is 30.3 Å². The number of rotatable bonds is 3. The Kier molecular flexibility index (Phi) is 2.09. The van der Waals surface area contributed by atoms with Crippen molar-refractivity contribution in [3.8, 4) is 0 Å². The Hall–Kier alpha value is -1.24. The minimum atomic E-state index is 0.289. The molecule has 0 radical (unpaired) electrons. The Balaban J connectivity index is 2.21. The van der Waals surface area contributed by atoms with Crippen molar-refractivity contribution in [1.29, 1.82) is 0 Å². The van der Waals surface area contributed by atoms with Gasteiger partial charge < -0.3 is 4.74 Å². The SMILES string of the molecule is CO/C=C/C1(c2ccccc2)CC1. The minimum Gasteiger partial charge on any atom is -0.505 e.